The van der Waals surface area contributed by atoms with E-state index in [-0.39, 0.29) is 23.3 Å². The molecule has 2 aliphatic rings. The molecule has 2 heterocycles. The van der Waals surface area contributed by atoms with Gasteiger partial charge in [0.2, 0.25) is 21.8 Å². The number of rotatable bonds is 6. The zero-order valence-corrected chi connectivity index (χ0v) is 21.1. The standard InChI is InChI=1S/C26H33N3O4S/c1-5-19-8-10-20(11-9-19)27-24(30)17-29-23-13-12-21(15-22(23)26(3,4)25(29)31)34(32,33)28-14-6-7-18(2)16-28/h8-13,15,18H,5-7,14,16-17H2,1-4H3,(H,27,30)/t18-/m1/s1. The topological polar surface area (TPSA) is 86.8 Å². The molecule has 2 aromatic carbocycles. The molecule has 2 aromatic rings. The van der Waals surface area contributed by atoms with Crippen molar-refractivity contribution in [2.24, 2.45) is 5.92 Å². The van der Waals surface area contributed by atoms with Crippen LogP contribution in [0.15, 0.2) is 47.4 Å². The van der Waals surface area contributed by atoms with Gasteiger partial charge >= 0.3 is 0 Å². The maximum absolute atomic E-state index is 13.3. The summed E-state index contributed by atoms with van der Waals surface area (Å²) in [5.74, 6) is -0.205. The smallest absolute Gasteiger partial charge is 0.244 e. The molecular weight excluding hydrogens is 450 g/mol. The molecule has 0 spiro atoms. The fourth-order valence-electron chi connectivity index (χ4n) is 4.81. The number of aryl methyl sites for hydroxylation is 1. The van der Waals surface area contributed by atoms with E-state index in [1.807, 2.05) is 24.3 Å². The van der Waals surface area contributed by atoms with Crippen LogP contribution in [0.2, 0.25) is 0 Å². The lowest BCUT2D eigenvalue weighted by molar-refractivity contribution is -0.124. The molecule has 2 amide bonds. The Kier molecular flexibility index (Phi) is 6.57. The molecule has 0 saturated carbocycles. The number of hydrogen-bond acceptors (Lipinski definition) is 4. The summed E-state index contributed by atoms with van der Waals surface area (Å²) in [5.41, 5.74) is 2.12. The highest BCUT2D eigenvalue weighted by atomic mass is 32.2. The first kappa shape index (κ1) is 24.4. The molecule has 0 bridgehead atoms. The van der Waals surface area contributed by atoms with E-state index in [0.29, 0.717) is 35.9 Å². The molecule has 0 radical (unpaired) electrons. The first-order valence-electron chi connectivity index (χ1n) is 11.9. The number of nitrogens with one attached hydrogen (secondary N) is 1. The number of carbonyl (C=O) groups excluding carboxylic acids is 2. The highest BCUT2D eigenvalue weighted by molar-refractivity contribution is 7.89. The molecular formula is C26H33N3O4S. The Bertz CT molecular complexity index is 1210. The first-order chi connectivity index (χ1) is 16.0. The summed E-state index contributed by atoms with van der Waals surface area (Å²) >= 11 is 0. The third-order valence-corrected chi connectivity index (χ3v) is 8.78. The second-order valence-corrected chi connectivity index (χ2v) is 11.8. The first-order valence-corrected chi connectivity index (χ1v) is 13.3. The largest absolute Gasteiger partial charge is 0.325 e. The van der Waals surface area contributed by atoms with Crippen LogP contribution >= 0.6 is 0 Å². The maximum Gasteiger partial charge on any atom is 0.244 e. The van der Waals surface area contributed by atoms with Gasteiger partial charge in [0.05, 0.1) is 10.3 Å². The second-order valence-electron chi connectivity index (χ2n) is 9.90. The summed E-state index contributed by atoms with van der Waals surface area (Å²) in [5, 5.41) is 2.85. The lowest BCUT2D eigenvalue weighted by Gasteiger charge is -2.30. The van der Waals surface area contributed by atoms with Crippen LogP contribution in [0.4, 0.5) is 11.4 Å². The van der Waals surface area contributed by atoms with Crippen LogP contribution < -0.4 is 10.2 Å². The van der Waals surface area contributed by atoms with E-state index in [9.17, 15) is 18.0 Å². The van der Waals surface area contributed by atoms with Crippen molar-refractivity contribution < 1.29 is 18.0 Å². The van der Waals surface area contributed by atoms with Gasteiger partial charge in [0.1, 0.15) is 6.54 Å². The Morgan fingerprint density at radius 3 is 2.50 bits per heavy atom. The van der Waals surface area contributed by atoms with Gasteiger partial charge in [-0.15, -0.1) is 0 Å². The van der Waals surface area contributed by atoms with E-state index in [4.69, 9.17) is 0 Å². The number of nitrogens with zero attached hydrogens (tertiary/aromatic N) is 2. The van der Waals surface area contributed by atoms with Crippen LogP contribution in [-0.4, -0.2) is 44.2 Å². The minimum Gasteiger partial charge on any atom is -0.325 e. The Morgan fingerprint density at radius 1 is 1.15 bits per heavy atom. The third-order valence-electron chi connectivity index (χ3n) is 6.92. The molecule has 0 aromatic heterocycles. The summed E-state index contributed by atoms with van der Waals surface area (Å²) in [6, 6.07) is 12.4. The molecule has 1 saturated heterocycles. The number of amides is 2. The number of hydrogen-bond donors (Lipinski definition) is 1. The van der Waals surface area contributed by atoms with E-state index in [1.54, 1.807) is 36.4 Å². The molecule has 1 fully saturated rings. The highest BCUT2D eigenvalue weighted by Crippen LogP contribution is 2.43. The highest BCUT2D eigenvalue weighted by Gasteiger charge is 2.45. The zero-order valence-electron chi connectivity index (χ0n) is 20.3. The fourth-order valence-corrected chi connectivity index (χ4v) is 6.44. The van der Waals surface area contributed by atoms with Gasteiger partial charge in [0, 0.05) is 24.5 Å². The third kappa shape index (κ3) is 4.49. The van der Waals surface area contributed by atoms with Crippen molar-refractivity contribution in [3.8, 4) is 0 Å². The fraction of sp³-hybridized carbons (Fsp3) is 0.462. The summed E-state index contributed by atoms with van der Waals surface area (Å²) in [7, 11) is -3.65. The number of sulfonamides is 1. The Hall–Kier alpha value is -2.71. The van der Waals surface area contributed by atoms with Gasteiger partial charge in [-0.2, -0.15) is 4.31 Å². The van der Waals surface area contributed by atoms with Gasteiger partial charge in [0.15, 0.2) is 0 Å². The van der Waals surface area contributed by atoms with Crippen molar-refractivity contribution in [3.05, 3.63) is 53.6 Å². The van der Waals surface area contributed by atoms with Gasteiger partial charge in [-0.3, -0.25) is 9.59 Å². The number of fused-ring (bicyclic) bond motifs is 1. The molecule has 7 nitrogen and oxygen atoms in total. The quantitative estimate of drug-likeness (QED) is 0.674. The molecule has 0 unspecified atom stereocenters. The minimum atomic E-state index is -3.65. The summed E-state index contributed by atoms with van der Waals surface area (Å²) in [4.78, 5) is 27.6. The molecule has 34 heavy (non-hydrogen) atoms. The average Bonchev–Trinajstić information content (AvgIpc) is 2.99. The summed E-state index contributed by atoms with van der Waals surface area (Å²) < 4.78 is 28.1. The van der Waals surface area contributed by atoms with Crippen LogP contribution in [0.25, 0.3) is 0 Å². The van der Waals surface area contributed by atoms with Crippen molar-refractivity contribution in [3.63, 3.8) is 0 Å². The lowest BCUT2D eigenvalue weighted by Crippen LogP contribution is -2.40. The van der Waals surface area contributed by atoms with Crippen molar-refractivity contribution in [1.82, 2.24) is 4.31 Å². The second kappa shape index (κ2) is 9.15. The van der Waals surface area contributed by atoms with Crippen molar-refractivity contribution in [1.29, 1.82) is 0 Å². The van der Waals surface area contributed by atoms with Gasteiger partial charge in [-0.1, -0.05) is 26.0 Å². The Balaban J connectivity index is 1.57. The molecule has 8 heteroatoms. The number of benzene rings is 2. The van der Waals surface area contributed by atoms with Crippen molar-refractivity contribution in [2.75, 3.05) is 29.9 Å². The Morgan fingerprint density at radius 2 is 1.85 bits per heavy atom. The SMILES string of the molecule is CCc1ccc(NC(=O)CN2C(=O)C(C)(C)c3cc(S(=O)(=O)N4CCC[C@@H](C)C4)ccc32)cc1. The molecule has 0 aliphatic carbocycles. The van der Waals surface area contributed by atoms with Crippen LogP contribution in [0.5, 0.6) is 0 Å². The molecule has 4 rings (SSSR count). The van der Waals surface area contributed by atoms with Gasteiger partial charge < -0.3 is 10.2 Å². The monoisotopic (exact) mass is 483 g/mol. The Labute approximate surface area is 202 Å². The van der Waals surface area contributed by atoms with Crippen LogP contribution in [-0.2, 0) is 31.4 Å². The predicted molar refractivity (Wildman–Crippen MR) is 133 cm³/mol. The van der Waals surface area contributed by atoms with Gasteiger partial charge in [-0.25, -0.2) is 8.42 Å². The van der Waals surface area contributed by atoms with E-state index in [0.717, 1.165) is 19.3 Å². The number of anilines is 2. The van der Waals surface area contributed by atoms with E-state index in [2.05, 4.69) is 19.2 Å². The maximum atomic E-state index is 13.3. The van der Waals surface area contributed by atoms with Crippen LogP contribution in [0.3, 0.4) is 0 Å². The summed E-state index contributed by atoms with van der Waals surface area (Å²) in [6.45, 7) is 8.55. The summed E-state index contributed by atoms with van der Waals surface area (Å²) in [6.07, 6.45) is 2.79. The minimum absolute atomic E-state index is 0.138. The average molecular weight is 484 g/mol. The number of carbonyl (C=O) groups is 2. The van der Waals surface area contributed by atoms with Crippen molar-refractivity contribution in [2.45, 2.75) is 57.3 Å². The lowest BCUT2D eigenvalue weighted by atomic mass is 9.86. The normalized spacial score (nSPS) is 20.3. The van der Waals surface area contributed by atoms with Gasteiger partial charge in [0.25, 0.3) is 0 Å². The molecule has 2 aliphatic heterocycles. The van der Waals surface area contributed by atoms with Gasteiger partial charge in [-0.05, 0) is 80.5 Å². The predicted octanol–water partition coefficient (Wildman–Crippen LogP) is 3.93. The molecule has 182 valence electrons. The molecule has 1 N–H and O–H groups in total. The zero-order chi connectivity index (χ0) is 24.7. The van der Waals surface area contributed by atoms with Crippen molar-refractivity contribution >= 4 is 33.2 Å². The van der Waals surface area contributed by atoms with E-state index < -0.39 is 15.4 Å². The number of piperidine rings is 1. The van der Waals surface area contributed by atoms with E-state index in [1.165, 1.54) is 10.5 Å². The van der Waals surface area contributed by atoms with Crippen LogP contribution in [0, 0.1) is 5.92 Å². The van der Waals surface area contributed by atoms with E-state index >= 15 is 0 Å². The molecule has 1 atom stereocenters. The van der Waals surface area contributed by atoms with Crippen LogP contribution in [0.1, 0.15) is 51.7 Å².